The summed E-state index contributed by atoms with van der Waals surface area (Å²) in [5.74, 6) is 1.47. The van der Waals surface area contributed by atoms with E-state index in [0.717, 1.165) is 56.4 Å². The van der Waals surface area contributed by atoms with E-state index in [1.54, 1.807) is 11.0 Å². The highest BCUT2D eigenvalue weighted by molar-refractivity contribution is 5.80. The Balaban J connectivity index is 1.48. The SMILES string of the molecule is CCNC(=NCc1ncnn1C)NC1CCN(Cc2ccc(F)cc2)CC1. The second-order valence-corrected chi connectivity index (χ2v) is 6.82. The lowest BCUT2D eigenvalue weighted by molar-refractivity contribution is 0.198. The Morgan fingerprint density at radius 2 is 2.00 bits per heavy atom. The Hall–Kier alpha value is -2.48. The predicted octanol–water partition coefficient (Wildman–Crippen LogP) is 1.67. The minimum Gasteiger partial charge on any atom is -0.357 e. The second-order valence-electron chi connectivity index (χ2n) is 6.82. The predicted molar refractivity (Wildman–Crippen MR) is 104 cm³/mol. The number of benzene rings is 1. The van der Waals surface area contributed by atoms with Crippen molar-refractivity contribution >= 4 is 5.96 Å². The zero-order chi connectivity index (χ0) is 19.1. The summed E-state index contributed by atoms with van der Waals surface area (Å²) in [5.41, 5.74) is 1.15. The van der Waals surface area contributed by atoms with Crippen molar-refractivity contribution in [2.75, 3.05) is 19.6 Å². The highest BCUT2D eigenvalue weighted by Crippen LogP contribution is 2.14. The van der Waals surface area contributed by atoms with Crippen molar-refractivity contribution in [3.05, 3.63) is 47.8 Å². The molecule has 2 N–H and O–H groups in total. The molecule has 1 saturated heterocycles. The van der Waals surface area contributed by atoms with Gasteiger partial charge in [0.1, 0.15) is 24.5 Å². The minimum atomic E-state index is -0.182. The Bertz CT molecular complexity index is 733. The van der Waals surface area contributed by atoms with E-state index >= 15 is 0 Å². The van der Waals surface area contributed by atoms with Crippen LogP contribution in [0.4, 0.5) is 4.39 Å². The smallest absolute Gasteiger partial charge is 0.191 e. The van der Waals surface area contributed by atoms with E-state index in [1.165, 1.54) is 12.1 Å². The first-order valence-electron chi connectivity index (χ1n) is 9.48. The van der Waals surface area contributed by atoms with E-state index in [4.69, 9.17) is 0 Å². The molecule has 0 amide bonds. The quantitative estimate of drug-likeness (QED) is 0.595. The lowest BCUT2D eigenvalue weighted by atomic mass is 10.0. The molecule has 0 unspecified atom stereocenters. The zero-order valence-electron chi connectivity index (χ0n) is 16.0. The van der Waals surface area contributed by atoms with Gasteiger partial charge in [-0.25, -0.2) is 14.4 Å². The summed E-state index contributed by atoms with van der Waals surface area (Å²) in [7, 11) is 1.87. The number of guanidine groups is 1. The lowest BCUT2D eigenvalue weighted by Crippen LogP contribution is -2.48. The van der Waals surface area contributed by atoms with Gasteiger partial charge < -0.3 is 10.6 Å². The van der Waals surface area contributed by atoms with Gasteiger partial charge in [0.25, 0.3) is 0 Å². The van der Waals surface area contributed by atoms with Crippen LogP contribution in [0.5, 0.6) is 0 Å². The van der Waals surface area contributed by atoms with Gasteiger partial charge in [0.2, 0.25) is 0 Å². The van der Waals surface area contributed by atoms with Crippen LogP contribution in [0, 0.1) is 5.82 Å². The van der Waals surface area contributed by atoms with Gasteiger partial charge in [-0.2, -0.15) is 5.10 Å². The number of halogens is 1. The maximum absolute atomic E-state index is 13.0. The molecule has 3 rings (SSSR count). The van der Waals surface area contributed by atoms with Crippen LogP contribution < -0.4 is 10.6 Å². The Morgan fingerprint density at radius 3 is 2.63 bits per heavy atom. The van der Waals surface area contributed by atoms with Crippen molar-refractivity contribution in [1.29, 1.82) is 0 Å². The Kier molecular flexibility index (Phi) is 6.75. The van der Waals surface area contributed by atoms with Crippen molar-refractivity contribution < 1.29 is 4.39 Å². The minimum absolute atomic E-state index is 0.182. The van der Waals surface area contributed by atoms with E-state index in [2.05, 4.69) is 37.5 Å². The van der Waals surface area contributed by atoms with E-state index in [1.807, 2.05) is 19.2 Å². The number of hydrogen-bond acceptors (Lipinski definition) is 4. The number of piperidine rings is 1. The molecular weight excluding hydrogens is 345 g/mol. The van der Waals surface area contributed by atoms with E-state index < -0.39 is 0 Å². The highest BCUT2D eigenvalue weighted by Gasteiger charge is 2.20. The molecule has 8 heteroatoms. The fourth-order valence-corrected chi connectivity index (χ4v) is 3.21. The number of likely N-dealkylation sites (tertiary alicyclic amines) is 1. The summed E-state index contributed by atoms with van der Waals surface area (Å²) in [5, 5.41) is 10.9. The molecular formula is C19H28FN7. The normalized spacial score (nSPS) is 16.5. The van der Waals surface area contributed by atoms with Crippen molar-refractivity contribution in [1.82, 2.24) is 30.3 Å². The molecule has 0 radical (unpaired) electrons. The van der Waals surface area contributed by atoms with Crippen molar-refractivity contribution in [3.8, 4) is 0 Å². The third-order valence-electron chi connectivity index (χ3n) is 4.78. The molecule has 27 heavy (non-hydrogen) atoms. The van der Waals surface area contributed by atoms with Crippen LogP contribution in [0.2, 0.25) is 0 Å². The number of aromatic nitrogens is 3. The average Bonchev–Trinajstić information content (AvgIpc) is 3.08. The third kappa shape index (κ3) is 5.75. The molecule has 0 bridgehead atoms. The van der Waals surface area contributed by atoms with Crippen LogP contribution in [0.1, 0.15) is 31.2 Å². The number of nitrogens with zero attached hydrogens (tertiary/aromatic N) is 5. The van der Waals surface area contributed by atoms with Crippen LogP contribution in [0.25, 0.3) is 0 Å². The fourth-order valence-electron chi connectivity index (χ4n) is 3.21. The van der Waals surface area contributed by atoms with Gasteiger partial charge in [-0.15, -0.1) is 0 Å². The summed E-state index contributed by atoms with van der Waals surface area (Å²) < 4.78 is 14.8. The van der Waals surface area contributed by atoms with Gasteiger partial charge in [0.05, 0.1) is 0 Å². The lowest BCUT2D eigenvalue weighted by Gasteiger charge is -2.33. The van der Waals surface area contributed by atoms with Crippen LogP contribution in [-0.2, 0) is 20.1 Å². The van der Waals surface area contributed by atoms with E-state index in [9.17, 15) is 4.39 Å². The first-order valence-corrected chi connectivity index (χ1v) is 9.48. The third-order valence-corrected chi connectivity index (χ3v) is 4.78. The van der Waals surface area contributed by atoms with Gasteiger partial charge in [-0.1, -0.05) is 12.1 Å². The molecule has 0 spiro atoms. The largest absolute Gasteiger partial charge is 0.357 e. The van der Waals surface area contributed by atoms with Gasteiger partial charge in [-0.05, 0) is 37.5 Å². The summed E-state index contributed by atoms with van der Waals surface area (Å²) in [4.78, 5) is 11.2. The topological polar surface area (TPSA) is 70.4 Å². The van der Waals surface area contributed by atoms with Gasteiger partial charge in [0.15, 0.2) is 5.96 Å². The van der Waals surface area contributed by atoms with Gasteiger partial charge >= 0.3 is 0 Å². The number of aryl methyl sites for hydroxylation is 1. The van der Waals surface area contributed by atoms with Crippen LogP contribution >= 0.6 is 0 Å². The number of rotatable bonds is 6. The van der Waals surface area contributed by atoms with Crippen molar-refractivity contribution in [2.24, 2.45) is 12.0 Å². The van der Waals surface area contributed by atoms with Gasteiger partial charge in [-0.3, -0.25) is 9.58 Å². The summed E-state index contributed by atoms with van der Waals surface area (Å²) in [6.07, 6.45) is 3.65. The Labute approximate surface area is 159 Å². The molecule has 0 aliphatic carbocycles. The zero-order valence-corrected chi connectivity index (χ0v) is 16.0. The van der Waals surface area contributed by atoms with E-state index in [-0.39, 0.29) is 5.82 Å². The first-order chi connectivity index (χ1) is 13.1. The van der Waals surface area contributed by atoms with Crippen molar-refractivity contribution in [3.63, 3.8) is 0 Å². The summed E-state index contributed by atoms with van der Waals surface area (Å²) >= 11 is 0. The first kappa shape index (κ1) is 19.3. The molecule has 0 atom stereocenters. The monoisotopic (exact) mass is 373 g/mol. The number of aliphatic imine (C=N–C) groups is 1. The molecule has 2 aromatic rings. The van der Waals surface area contributed by atoms with Crippen molar-refractivity contribution in [2.45, 2.75) is 38.9 Å². The maximum atomic E-state index is 13.0. The Morgan fingerprint density at radius 1 is 1.26 bits per heavy atom. The van der Waals surface area contributed by atoms with E-state index in [0.29, 0.717) is 12.6 Å². The molecule has 1 aromatic carbocycles. The summed E-state index contributed by atoms with van der Waals surface area (Å²) in [6.45, 7) is 6.26. The molecule has 7 nitrogen and oxygen atoms in total. The molecule has 1 fully saturated rings. The standard InChI is InChI=1S/C19H28FN7/c1-3-21-19(22-12-18-23-14-24-26(18)2)25-17-8-10-27(11-9-17)13-15-4-6-16(20)7-5-15/h4-7,14,17H,3,8-13H2,1-2H3,(H2,21,22,25). The van der Waals surface area contributed by atoms with Crippen LogP contribution in [0.3, 0.4) is 0 Å². The molecule has 146 valence electrons. The van der Waals surface area contributed by atoms with Gasteiger partial charge in [0, 0.05) is 39.3 Å². The van der Waals surface area contributed by atoms with Crippen LogP contribution in [0.15, 0.2) is 35.6 Å². The average molecular weight is 373 g/mol. The number of hydrogen-bond donors (Lipinski definition) is 2. The fraction of sp³-hybridized carbons (Fsp3) is 0.526. The summed E-state index contributed by atoms with van der Waals surface area (Å²) in [6, 6.07) is 7.18. The molecule has 2 heterocycles. The molecule has 1 aliphatic heterocycles. The maximum Gasteiger partial charge on any atom is 0.191 e. The molecule has 1 aliphatic rings. The molecule has 1 aromatic heterocycles. The van der Waals surface area contributed by atoms with Crippen LogP contribution in [-0.4, -0.2) is 51.3 Å². The molecule has 0 saturated carbocycles. The second kappa shape index (κ2) is 9.45. The number of nitrogens with one attached hydrogen (secondary N) is 2. The highest BCUT2D eigenvalue weighted by atomic mass is 19.1.